The fraction of sp³-hybridized carbons (Fsp3) is 0.750. The lowest BCUT2D eigenvalue weighted by molar-refractivity contribution is -0.129. The Morgan fingerprint density at radius 1 is 1.23 bits per heavy atom. The van der Waals surface area contributed by atoms with Crippen LogP contribution in [-0.4, -0.2) is 77.3 Å². The molecule has 1 aromatic heterocycles. The van der Waals surface area contributed by atoms with Crippen molar-refractivity contribution in [2.75, 3.05) is 25.9 Å². The Labute approximate surface area is 194 Å². The Kier molecular flexibility index (Phi) is 7.35. The highest BCUT2D eigenvalue weighted by atomic mass is 35.5. The van der Waals surface area contributed by atoms with Crippen molar-refractivity contribution in [3.8, 4) is 0 Å². The van der Waals surface area contributed by atoms with Gasteiger partial charge in [0, 0.05) is 11.9 Å². The van der Waals surface area contributed by atoms with E-state index in [0.717, 1.165) is 35.2 Å². The molecule has 0 radical (unpaired) electrons. The van der Waals surface area contributed by atoms with Gasteiger partial charge in [0.1, 0.15) is 10.7 Å². The van der Waals surface area contributed by atoms with Crippen molar-refractivity contribution in [1.29, 1.82) is 0 Å². The van der Waals surface area contributed by atoms with E-state index >= 15 is 0 Å². The second-order valence-corrected chi connectivity index (χ2v) is 11.8. The van der Waals surface area contributed by atoms with Crippen molar-refractivity contribution in [3.63, 3.8) is 0 Å². The minimum Gasteiger partial charge on any atom is -0.331 e. The van der Waals surface area contributed by atoms with Crippen LogP contribution in [0.2, 0.25) is 0 Å². The van der Waals surface area contributed by atoms with Gasteiger partial charge in [0.25, 0.3) is 5.91 Å². The van der Waals surface area contributed by atoms with Crippen LogP contribution >= 0.6 is 23.7 Å². The topological polar surface area (TPSA) is 90.9 Å². The molecule has 174 valence electrons. The Bertz CT molecular complexity index is 929. The third-order valence-corrected chi connectivity index (χ3v) is 8.51. The number of thiazole rings is 1. The molecular formula is C20H31ClN4O4S2. The number of nitrogens with zero attached hydrogens (tertiary/aromatic N) is 4. The lowest BCUT2D eigenvalue weighted by Gasteiger charge is -2.28. The van der Waals surface area contributed by atoms with Gasteiger partial charge in [0.15, 0.2) is 0 Å². The molecule has 0 unspecified atom stereocenters. The van der Waals surface area contributed by atoms with Gasteiger partial charge in [-0.1, -0.05) is 20.3 Å². The van der Waals surface area contributed by atoms with Crippen molar-refractivity contribution >= 4 is 45.6 Å². The standard InChI is InChI=1S/C20H30N4O4S2.ClH/c1-13(2)17-18-15(24(20(17)26)30(3,27)28)7-10-23(18)19(25)14-12-29-16(21-14)11-22-8-5-4-6-9-22;/h12-13,15,17-18H,4-11H2,1-3H3;1H/t15-,17+,18-;/m1./s1. The number of rotatable bonds is 5. The predicted molar refractivity (Wildman–Crippen MR) is 122 cm³/mol. The smallest absolute Gasteiger partial charge is 0.273 e. The summed E-state index contributed by atoms with van der Waals surface area (Å²) in [6.45, 7) is 7.16. The molecule has 0 spiro atoms. The number of amides is 2. The second-order valence-electron chi connectivity index (χ2n) is 8.98. The first-order chi connectivity index (χ1) is 14.2. The number of likely N-dealkylation sites (tertiary alicyclic amines) is 2. The molecule has 0 saturated carbocycles. The minimum atomic E-state index is -3.67. The number of carbonyl (C=O) groups is 2. The van der Waals surface area contributed by atoms with E-state index < -0.39 is 28.0 Å². The van der Waals surface area contributed by atoms with E-state index in [-0.39, 0.29) is 30.1 Å². The van der Waals surface area contributed by atoms with Gasteiger partial charge in [-0.05, 0) is 38.3 Å². The summed E-state index contributed by atoms with van der Waals surface area (Å²) in [4.78, 5) is 34.9. The first kappa shape index (κ1) is 24.4. The highest BCUT2D eigenvalue weighted by Gasteiger charge is 2.58. The van der Waals surface area contributed by atoms with Crippen LogP contribution < -0.4 is 0 Å². The van der Waals surface area contributed by atoms with Crippen LogP contribution in [0.25, 0.3) is 0 Å². The Hall–Kier alpha value is -1.23. The van der Waals surface area contributed by atoms with Crippen molar-refractivity contribution in [2.45, 2.75) is 58.2 Å². The van der Waals surface area contributed by atoms with Gasteiger partial charge in [-0.2, -0.15) is 0 Å². The Morgan fingerprint density at radius 2 is 1.90 bits per heavy atom. The van der Waals surface area contributed by atoms with Gasteiger partial charge >= 0.3 is 0 Å². The molecule has 8 nitrogen and oxygen atoms in total. The molecule has 4 heterocycles. The summed E-state index contributed by atoms with van der Waals surface area (Å²) in [5.74, 6) is -1.15. The lowest BCUT2D eigenvalue weighted by atomic mass is 9.88. The molecule has 11 heteroatoms. The van der Waals surface area contributed by atoms with E-state index in [4.69, 9.17) is 0 Å². The molecule has 4 rings (SSSR count). The molecule has 2 amide bonds. The number of carbonyl (C=O) groups excluding carboxylic acids is 2. The fourth-order valence-corrected chi connectivity index (χ4v) is 7.19. The van der Waals surface area contributed by atoms with E-state index in [1.807, 2.05) is 13.8 Å². The minimum absolute atomic E-state index is 0. The maximum absolute atomic E-state index is 13.3. The number of hydrogen-bond donors (Lipinski definition) is 0. The molecule has 3 atom stereocenters. The monoisotopic (exact) mass is 490 g/mol. The molecule has 0 aliphatic carbocycles. The highest BCUT2D eigenvalue weighted by Crippen LogP contribution is 2.41. The molecule has 3 saturated heterocycles. The summed E-state index contributed by atoms with van der Waals surface area (Å²) in [5, 5.41) is 2.72. The summed E-state index contributed by atoms with van der Waals surface area (Å²) in [7, 11) is -3.67. The average molecular weight is 491 g/mol. The van der Waals surface area contributed by atoms with Gasteiger partial charge in [-0.25, -0.2) is 17.7 Å². The number of hydrogen-bond acceptors (Lipinski definition) is 7. The van der Waals surface area contributed by atoms with Gasteiger partial charge in [0.2, 0.25) is 15.9 Å². The Morgan fingerprint density at radius 3 is 2.52 bits per heavy atom. The van der Waals surface area contributed by atoms with E-state index in [9.17, 15) is 18.0 Å². The van der Waals surface area contributed by atoms with Gasteiger partial charge in [-0.15, -0.1) is 23.7 Å². The lowest BCUT2D eigenvalue weighted by Crippen LogP contribution is -2.44. The molecule has 3 fully saturated rings. The van der Waals surface area contributed by atoms with Gasteiger partial charge < -0.3 is 4.90 Å². The summed E-state index contributed by atoms with van der Waals surface area (Å²) >= 11 is 1.49. The first-order valence-electron chi connectivity index (χ1n) is 10.7. The van der Waals surface area contributed by atoms with E-state index in [1.165, 1.54) is 30.6 Å². The van der Waals surface area contributed by atoms with Crippen LogP contribution in [0.5, 0.6) is 0 Å². The second kappa shape index (κ2) is 9.33. The first-order valence-corrected chi connectivity index (χ1v) is 13.4. The normalized spacial score (nSPS) is 27.0. The number of piperidine rings is 1. The maximum Gasteiger partial charge on any atom is 0.273 e. The van der Waals surface area contributed by atoms with Crippen molar-refractivity contribution in [1.82, 2.24) is 19.1 Å². The molecular weight excluding hydrogens is 460 g/mol. The average Bonchev–Trinajstić information content (AvgIpc) is 3.35. The fourth-order valence-electron chi connectivity index (χ4n) is 5.21. The molecule has 3 aliphatic heterocycles. The van der Waals surface area contributed by atoms with Gasteiger partial charge in [-0.3, -0.25) is 14.5 Å². The molecule has 0 N–H and O–H groups in total. The summed E-state index contributed by atoms with van der Waals surface area (Å²) in [5.41, 5.74) is 0.403. The van der Waals surface area contributed by atoms with Crippen LogP contribution in [0.4, 0.5) is 0 Å². The number of fused-ring (bicyclic) bond motifs is 1. The van der Waals surface area contributed by atoms with Crippen molar-refractivity contribution < 1.29 is 18.0 Å². The Balaban J connectivity index is 0.00000272. The van der Waals surface area contributed by atoms with E-state index in [0.29, 0.717) is 18.7 Å². The zero-order valence-electron chi connectivity index (χ0n) is 18.2. The van der Waals surface area contributed by atoms with Crippen LogP contribution in [0.3, 0.4) is 0 Å². The SMILES string of the molecule is CC(C)[C@@H]1C(=O)N(S(C)(=O)=O)[C@@H]2CCN(C(=O)c3csc(CN4CCCCC4)n3)[C@H]21.Cl. The summed E-state index contributed by atoms with van der Waals surface area (Å²) < 4.78 is 25.6. The molecule has 3 aliphatic rings. The zero-order valence-corrected chi connectivity index (χ0v) is 20.6. The van der Waals surface area contributed by atoms with Crippen molar-refractivity contribution in [3.05, 3.63) is 16.1 Å². The molecule has 1 aromatic rings. The van der Waals surface area contributed by atoms with Crippen LogP contribution in [-0.2, 0) is 21.4 Å². The third-order valence-electron chi connectivity index (χ3n) is 6.51. The van der Waals surface area contributed by atoms with Crippen LogP contribution in [0.1, 0.15) is 55.0 Å². The maximum atomic E-state index is 13.3. The van der Waals surface area contributed by atoms with Crippen molar-refractivity contribution in [2.24, 2.45) is 11.8 Å². The van der Waals surface area contributed by atoms with Crippen LogP contribution in [0, 0.1) is 11.8 Å². The number of aromatic nitrogens is 1. The highest BCUT2D eigenvalue weighted by molar-refractivity contribution is 7.88. The largest absolute Gasteiger partial charge is 0.331 e. The zero-order chi connectivity index (χ0) is 21.6. The predicted octanol–water partition coefficient (Wildman–Crippen LogP) is 2.21. The summed E-state index contributed by atoms with van der Waals surface area (Å²) in [6.07, 6.45) is 5.23. The molecule has 0 bridgehead atoms. The summed E-state index contributed by atoms with van der Waals surface area (Å²) in [6, 6.07) is -0.901. The molecule has 0 aromatic carbocycles. The number of sulfonamides is 1. The van der Waals surface area contributed by atoms with E-state index in [1.54, 1.807) is 10.3 Å². The quantitative estimate of drug-likeness (QED) is 0.628. The van der Waals surface area contributed by atoms with Crippen LogP contribution in [0.15, 0.2) is 5.38 Å². The third kappa shape index (κ3) is 4.62. The number of halogens is 1. The van der Waals surface area contributed by atoms with Gasteiger partial charge in [0.05, 0.1) is 30.8 Å². The molecule has 31 heavy (non-hydrogen) atoms. The van der Waals surface area contributed by atoms with E-state index in [2.05, 4.69) is 9.88 Å².